The summed E-state index contributed by atoms with van der Waals surface area (Å²) in [5.74, 6) is 3.08. The van der Waals surface area contributed by atoms with Crippen molar-refractivity contribution in [2.75, 3.05) is 18.8 Å². The second-order valence-electron chi connectivity index (χ2n) is 4.58. The topological polar surface area (TPSA) is 12.0 Å². The lowest BCUT2D eigenvalue weighted by molar-refractivity contribution is 0.568. The van der Waals surface area contributed by atoms with E-state index in [1.54, 1.807) is 0 Å². The van der Waals surface area contributed by atoms with Crippen LogP contribution >= 0.6 is 11.8 Å². The van der Waals surface area contributed by atoms with Crippen LogP contribution in [0.4, 0.5) is 0 Å². The number of thioether (sulfide) groups is 1. The quantitative estimate of drug-likeness (QED) is 0.729. The molecule has 0 atom stereocenters. The van der Waals surface area contributed by atoms with Crippen LogP contribution in [0, 0.1) is 12.8 Å². The fourth-order valence-electron chi connectivity index (χ4n) is 1.49. The van der Waals surface area contributed by atoms with Crippen molar-refractivity contribution in [1.29, 1.82) is 0 Å². The van der Waals surface area contributed by atoms with Gasteiger partial charge in [0.05, 0.1) is 0 Å². The summed E-state index contributed by atoms with van der Waals surface area (Å²) in [6, 6.07) is 8.64. The first-order valence-electron chi connectivity index (χ1n) is 6.03. The van der Waals surface area contributed by atoms with E-state index in [2.05, 4.69) is 50.4 Å². The zero-order chi connectivity index (χ0) is 11.8. The molecule has 0 saturated heterocycles. The van der Waals surface area contributed by atoms with Crippen molar-refractivity contribution in [3.05, 3.63) is 35.4 Å². The monoisotopic (exact) mass is 237 g/mol. The summed E-state index contributed by atoms with van der Waals surface area (Å²) < 4.78 is 0. The van der Waals surface area contributed by atoms with Gasteiger partial charge in [-0.2, -0.15) is 11.8 Å². The lowest BCUT2D eigenvalue weighted by atomic mass is 10.1. The third kappa shape index (κ3) is 5.57. The van der Waals surface area contributed by atoms with E-state index >= 15 is 0 Å². The Balaban J connectivity index is 2.10. The minimum Gasteiger partial charge on any atom is -0.316 e. The van der Waals surface area contributed by atoms with Crippen LogP contribution in [0.5, 0.6) is 0 Å². The molecule has 0 fully saturated rings. The highest BCUT2D eigenvalue weighted by molar-refractivity contribution is 7.98. The SMILES string of the molecule is Cc1ccccc1CSCCNCC(C)C. The highest BCUT2D eigenvalue weighted by atomic mass is 32.2. The summed E-state index contributed by atoms with van der Waals surface area (Å²) >= 11 is 2.01. The van der Waals surface area contributed by atoms with Gasteiger partial charge < -0.3 is 5.32 Å². The first-order valence-corrected chi connectivity index (χ1v) is 7.18. The van der Waals surface area contributed by atoms with Crippen molar-refractivity contribution in [1.82, 2.24) is 5.32 Å². The molecule has 0 unspecified atom stereocenters. The third-order valence-electron chi connectivity index (χ3n) is 2.49. The molecule has 1 nitrogen and oxygen atoms in total. The Hall–Kier alpha value is -0.470. The molecule has 1 aromatic rings. The minimum absolute atomic E-state index is 0.751. The zero-order valence-corrected chi connectivity index (χ0v) is 11.4. The first-order chi connectivity index (χ1) is 7.70. The number of nitrogens with one attached hydrogen (secondary N) is 1. The van der Waals surface area contributed by atoms with Crippen LogP contribution in [0.1, 0.15) is 25.0 Å². The van der Waals surface area contributed by atoms with Gasteiger partial charge in [0.15, 0.2) is 0 Å². The molecule has 0 spiro atoms. The smallest absolute Gasteiger partial charge is 0.0187 e. The predicted octanol–water partition coefficient (Wildman–Crippen LogP) is 3.47. The van der Waals surface area contributed by atoms with Crippen molar-refractivity contribution in [2.45, 2.75) is 26.5 Å². The number of aryl methyl sites for hydroxylation is 1. The molecular formula is C14H23NS. The summed E-state index contributed by atoms with van der Waals surface area (Å²) in [5.41, 5.74) is 2.88. The lowest BCUT2D eigenvalue weighted by Crippen LogP contribution is -2.22. The Morgan fingerprint density at radius 2 is 2.00 bits per heavy atom. The Bertz CT molecular complexity index is 297. The van der Waals surface area contributed by atoms with E-state index in [0.717, 1.165) is 24.8 Å². The van der Waals surface area contributed by atoms with Gasteiger partial charge in [-0.05, 0) is 30.5 Å². The summed E-state index contributed by atoms with van der Waals surface area (Å²) in [6.07, 6.45) is 0. The van der Waals surface area contributed by atoms with Crippen molar-refractivity contribution in [3.63, 3.8) is 0 Å². The molecule has 16 heavy (non-hydrogen) atoms. The van der Waals surface area contributed by atoms with Gasteiger partial charge >= 0.3 is 0 Å². The van der Waals surface area contributed by atoms with Gasteiger partial charge in [0, 0.05) is 18.1 Å². The van der Waals surface area contributed by atoms with Crippen LogP contribution < -0.4 is 5.32 Å². The average Bonchev–Trinajstić information content (AvgIpc) is 2.25. The van der Waals surface area contributed by atoms with Gasteiger partial charge in [0.2, 0.25) is 0 Å². The molecule has 2 heteroatoms. The zero-order valence-electron chi connectivity index (χ0n) is 10.6. The molecule has 0 radical (unpaired) electrons. The van der Waals surface area contributed by atoms with Crippen molar-refractivity contribution >= 4 is 11.8 Å². The summed E-state index contributed by atoms with van der Waals surface area (Å²) in [4.78, 5) is 0. The van der Waals surface area contributed by atoms with E-state index in [0.29, 0.717) is 0 Å². The highest BCUT2D eigenvalue weighted by Crippen LogP contribution is 2.15. The van der Waals surface area contributed by atoms with Crippen LogP contribution in [-0.2, 0) is 5.75 Å². The molecule has 0 heterocycles. The van der Waals surface area contributed by atoms with Gasteiger partial charge in [0.1, 0.15) is 0 Å². The average molecular weight is 237 g/mol. The van der Waals surface area contributed by atoms with Gasteiger partial charge in [-0.1, -0.05) is 38.1 Å². The first kappa shape index (κ1) is 13.6. The summed E-state index contributed by atoms with van der Waals surface area (Å²) in [6.45, 7) is 8.92. The van der Waals surface area contributed by atoms with E-state index in [-0.39, 0.29) is 0 Å². The van der Waals surface area contributed by atoms with E-state index in [9.17, 15) is 0 Å². The Morgan fingerprint density at radius 1 is 1.25 bits per heavy atom. The van der Waals surface area contributed by atoms with Crippen molar-refractivity contribution < 1.29 is 0 Å². The molecule has 1 N–H and O–H groups in total. The van der Waals surface area contributed by atoms with E-state index in [1.165, 1.54) is 16.9 Å². The maximum atomic E-state index is 3.46. The number of hydrogen-bond donors (Lipinski definition) is 1. The number of hydrogen-bond acceptors (Lipinski definition) is 2. The molecule has 1 rings (SSSR count). The highest BCUT2D eigenvalue weighted by Gasteiger charge is 1.97. The predicted molar refractivity (Wildman–Crippen MR) is 75.0 cm³/mol. The Labute approximate surface area is 104 Å². The largest absolute Gasteiger partial charge is 0.316 e. The van der Waals surface area contributed by atoms with Gasteiger partial charge in [0.25, 0.3) is 0 Å². The van der Waals surface area contributed by atoms with Crippen LogP contribution in [0.15, 0.2) is 24.3 Å². The maximum Gasteiger partial charge on any atom is 0.0187 e. The Kier molecular flexibility index (Phi) is 6.58. The fraction of sp³-hybridized carbons (Fsp3) is 0.571. The molecule has 0 aromatic heterocycles. The number of benzene rings is 1. The molecule has 0 bridgehead atoms. The van der Waals surface area contributed by atoms with Crippen LogP contribution in [0.25, 0.3) is 0 Å². The molecular weight excluding hydrogens is 214 g/mol. The van der Waals surface area contributed by atoms with Crippen LogP contribution in [-0.4, -0.2) is 18.8 Å². The molecule has 0 saturated carbocycles. The van der Waals surface area contributed by atoms with Crippen LogP contribution in [0.2, 0.25) is 0 Å². The van der Waals surface area contributed by atoms with E-state index < -0.39 is 0 Å². The van der Waals surface area contributed by atoms with E-state index in [4.69, 9.17) is 0 Å². The molecule has 0 amide bonds. The second kappa shape index (κ2) is 7.75. The van der Waals surface area contributed by atoms with Crippen molar-refractivity contribution in [2.24, 2.45) is 5.92 Å². The maximum absolute atomic E-state index is 3.46. The van der Waals surface area contributed by atoms with Gasteiger partial charge in [-0.25, -0.2) is 0 Å². The standard InChI is InChI=1S/C14H23NS/c1-12(2)10-15-8-9-16-11-14-7-5-4-6-13(14)3/h4-7,12,15H,8-11H2,1-3H3. The van der Waals surface area contributed by atoms with Crippen molar-refractivity contribution in [3.8, 4) is 0 Å². The minimum atomic E-state index is 0.751. The van der Waals surface area contributed by atoms with Gasteiger partial charge in [-0.15, -0.1) is 0 Å². The summed E-state index contributed by atoms with van der Waals surface area (Å²) in [7, 11) is 0. The Morgan fingerprint density at radius 3 is 2.69 bits per heavy atom. The molecule has 0 aliphatic heterocycles. The normalized spacial score (nSPS) is 11.0. The van der Waals surface area contributed by atoms with E-state index in [1.807, 2.05) is 11.8 Å². The molecule has 1 aromatic carbocycles. The summed E-state index contributed by atoms with van der Waals surface area (Å²) in [5, 5.41) is 3.46. The van der Waals surface area contributed by atoms with Crippen LogP contribution in [0.3, 0.4) is 0 Å². The lowest BCUT2D eigenvalue weighted by Gasteiger charge is -2.08. The third-order valence-corrected chi connectivity index (χ3v) is 3.50. The second-order valence-corrected chi connectivity index (χ2v) is 5.68. The van der Waals surface area contributed by atoms with Gasteiger partial charge in [-0.3, -0.25) is 0 Å². The molecule has 0 aliphatic rings. The number of rotatable bonds is 7. The molecule has 90 valence electrons. The molecule has 0 aliphatic carbocycles. The fourth-order valence-corrected chi connectivity index (χ4v) is 2.47.